The fourth-order valence-electron chi connectivity index (χ4n) is 2.16. The van der Waals surface area contributed by atoms with E-state index in [0.717, 1.165) is 15.9 Å². The number of halogens is 1. The van der Waals surface area contributed by atoms with Crippen molar-refractivity contribution in [1.29, 1.82) is 0 Å². The van der Waals surface area contributed by atoms with Gasteiger partial charge in [0.2, 0.25) is 0 Å². The quantitative estimate of drug-likeness (QED) is 0.805. The summed E-state index contributed by atoms with van der Waals surface area (Å²) in [4.78, 5) is 14.4. The number of rotatable bonds is 1. The summed E-state index contributed by atoms with van der Waals surface area (Å²) < 4.78 is 6.37. The van der Waals surface area contributed by atoms with Gasteiger partial charge in [-0.25, -0.2) is 0 Å². The van der Waals surface area contributed by atoms with Crippen molar-refractivity contribution in [3.63, 3.8) is 0 Å². The van der Waals surface area contributed by atoms with Crippen LogP contribution in [0.15, 0.2) is 53.0 Å². The molecule has 0 N–H and O–H groups in total. The van der Waals surface area contributed by atoms with E-state index in [9.17, 15) is 4.79 Å². The summed E-state index contributed by atoms with van der Waals surface area (Å²) in [6, 6.07) is 15.1. The Morgan fingerprint density at radius 3 is 2.68 bits per heavy atom. The predicted octanol–water partition coefficient (Wildman–Crippen LogP) is 3.49. The lowest BCUT2D eigenvalue weighted by Gasteiger charge is -2.29. The van der Waals surface area contributed by atoms with Gasteiger partial charge in [0.05, 0.1) is 17.8 Å². The first-order chi connectivity index (χ1) is 9.27. The van der Waals surface area contributed by atoms with Gasteiger partial charge in [0, 0.05) is 4.47 Å². The standard InChI is InChI=1S/C15H12BrNO2/c16-12-6-2-1-5-11(12)15(18)17-9-10-19-14-8-4-3-7-13(14)17/h1-8H,9-10H2. The highest BCUT2D eigenvalue weighted by atomic mass is 79.9. The Kier molecular flexibility index (Phi) is 3.25. The highest BCUT2D eigenvalue weighted by Crippen LogP contribution is 2.32. The van der Waals surface area contributed by atoms with Crippen LogP contribution in [0.1, 0.15) is 10.4 Å². The maximum Gasteiger partial charge on any atom is 0.259 e. The van der Waals surface area contributed by atoms with E-state index in [0.29, 0.717) is 18.7 Å². The molecule has 1 heterocycles. The molecule has 0 bridgehead atoms. The molecule has 1 amide bonds. The van der Waals surface area contributed by atoms with Crippen LogP contribution in [0.2, 0.25) is 0 Å². The fourth-order valence-corrected chi connectivity index (χ4v) is 2.61. The van der Waals surface area contributed by atoms with Gasteiger partial charge in [0.1, 0.15) is 12.4 Å². The van der Waals surface area contributed by atoms with Crippen molar-refractivity contribution in [2.24, 2.45) is 0 Å². The van der Waals surface area contributed by atoms with Gasteiger partial charge in [-0.05, 0) is 40.2 Å². The van der Waals surface area contributed by atoms with Crippen molar-refractivity contribution in [3.05, 3.63) is 58.6 Å². The van der Waals surface area contributed by atoms with Crippen molar-refractivity contribution in [2.75, 3.05) is 18.1 Å². The largest absolute Gasteiger partial charge is 0.490 e. The predicted molar refractivity (Wildman–Crippen MR) is 77.8 cm³/mol. The van der Waals surface area contributed by atoms with E-state index in [4.69, 9.17) is 4.74 Å². The second-order valence-electron chi connectivity index (χ2n) is 4.25. The van der Waals surface area contributed by atoms with Crippen LogP contribution >= 0.6 is 15.9 Å². The molecule has 0 unspecified atom stereocenters. The highest BCUT2D eigenvalue weighted by Gasteiger charge is 2.25. The first-order valence-corrected chi connectivity index (χ1v) is 6.85. The zero-order valence-electron chi connectivity index (χ0n) is 10.2. The number of fused-ring (bicyclic) bond motifs is 1. The van der Waals surface area contributed by atoms with Crippen molar-refractivity contribution in [3.8, 4) is 5.75 Å². The number of amides is 1. The van der Waals surface area contributed by atoms with Crippen LogP contribution in [-0.2, 0) is 0 Å². The zero-order chi connectivity index (χ0) is 13.2. The summed E-state index contributed by atoms with van der Waals surface area (Å²) in [7, 11) is 0. The van der Waals surface area contributed by atoms with Crippen molar-refractivity contribution in [2.45, 2.75) is 0 Å². The molecule has 0 atom stereocenters. The zero-order valence-corrected chi connectivity index (χ0v) is 11.8. The molecule has 2 aromatic rings. The van der Waals surface area contributed by atoms with Gasteiger partial charge in [-0.3, -0.25) is 4.79 Å². The monoisotopic (exact) mass is 317 g/mol. The number of carbonyl (C=O) groups excluding carboxylic acids is 1. The maximum atomic E-state index is 12.6. The number of hydrogen-bond acceptors (Lipinski definition) is 2. The summed E-state index contributed by atoms with van der Waals surface area (Å²) in [5.74, 6) is 0.748. The SMILES string of the molecule is O=C(c1ccccc1Br)N1CCOc2ccccc21. The minimum absolute atomic E-state index is 0.0109. The summed E-state index contributed by atoms with van der Waals surface area (Å²) in [5.41, 5.74) is 1.49. The van der Waals surface area contributed by atoms with Gasteiger partial charge in [-0.1, -0.05) is 24.3 Å². The smallest absolute Gasteiger partial charge is 0.259 e. The molecule has 1 aliphatic heterocycles. The minimum Gasteiger partial charge on any atom is -0.490 e. The van der Waals surface area contributed by atoms with Crippen LogP contribution in [0, 0.1) is 0 Å². The lowest BCUT2D eigenvalue weighted by molar-refractivity contribution is 0.0976. The Morgan fingerprint density at radius 1 is 1.11 bits per heavy atom. The molecule has 19 heavy (non-hydrogen) atoms. The molecular formula is C15H12BrNO2. The topological polar surface area (TPSA) is 29.5 Å². The molecule has 96 valence electrons. The van der Waals surface area contributed by atoms with Crippen molar-refractivity contribution in [1.82, 2.24) is 0 Å². The molecule has 0 aromatic heterocycles. The molecule has 1 aliphatic rings. The van der Waals surface area contributed by atoms with Gasteiger partial charge >= 0.3 is 0 Å². The van der Waals surface area contributed by atoms with E-state index >= 15 is 0 Å². The maximum absolute atomic E-state index is 12.6. The molecule has 0 saturated heterocycles. The Morgan fingerprint density at radius 2 is 1.84 bits per heavy atom. The number of hydrogen-bond donors (Lipinski definition) is 0. The third-order valence-electron chi connectivity index (χ3n) is 3.08. The summed E-state index contributed by atoms with van der Waals surface area (Å²) >= 11 is 3.42. The normalized spacial score (nSPS) is 13.6. The molecule has 0 aliphatic carbocycles. The van der Waals surface area contributed by atoms with Crippen LogP contribution in [-0.4, -0.2) is 19.1 Å². The van der Waals surface area contributed by atoms with Gasteiger partial charge < -0.3 is 9.64 Å². The Hall–Kier alpha value is -1.81. The number of carbonyl (C=O) groups is 1. The minimum atomic E-state index is -0.0109. The summed E-state index contributed by atoms with van der Waals surface area (Å²) in [6.07, 6.45) is 0. The fraction of sp³-hybridized carbons (Fsp3) is 0.133. The summed E-state index contributed by atoms with van der Waals surface area (Å²) in [6.45, 7) is 1.09. The van der Waals surface area contributed by atoms with E-state index in [1.807, 2.05) is 48.5 Å². The number of benzene rings is 2. The van der Waals surface area contributed by atoms with Crippen LogP contribution < -0.4 is 9.64 Å². The number of nitrogens with zero attached hydrogens (tertiary/aromatic N) is 1. The number of anilines is 1. The molecule has 4 heteroatoms. The first-order valence-electron chi connectivity index (χ1n) is 6.05. The molecule has 0 radical (unpaired) electrons. The molecule has 0 spiro atoms. The van der Waals surface area contributed by atoms with Crippen LogP contribution in [0.4, 0.5) is 5.69 Å². The van der Waals surface area contributed by atoms with Gasteiger partial charge in [-0.15, -0.1) is 0 Å². The summed E-state index contributed by atoms with van der Waals surface area (Å²) in [5, 5.41) is 0. The van der Waals surface area contributed by atoms with Crippen molar-refractivity contribution < 1.29 is 9.53 Å². The second kappa shape index (κ2) is 5.05. The Balaban J connectivity index is 2.00. The second-order valence-corrected chi connectivity index (χ2v) is 5.11. The van der Waals surface area contributed by atoms with Gasteiger partial charge in [0.15, 0.2) is 0 Å². The van der Waals surface area contributed by atoms with Crippen LogP contribution in [0.5, 0.6) is 5.75 Å². The van der Waals surface area contributed by atoms with Crippen molar-refractivity contribution >= 4 is 27.5 Å². The van der Waals surface area contributed by atoms with E-state index in [1.54, 1.807) is 4.90 Å². The molecule has 0 saturated carbocycles. The van der Waals surface area contributed by atoms with Crippen LogP contribution in [0.25, 0.3) is 0 Å². The molecular weight excluding hydrogens is 306 g/mol. The van der Waals surface area contributed by atoms with Gasteiger partial charge in [0.25, 0.3) is 5.91 Å². The Bertz CT molecular complexity index is 627. The molecule has 0 fully saturated rings. The molecule has 3 nitrogen and oxygen atoms in total. The first kappa shape index (κ1) is 12.2. The average molecular weight is 318 g/mol. The molecule has 2 aromatic carbocycles. The molecule has 3 rings (SSSR count). The van der Waals surface area contributed by atoms with Crippen LogP contribution in [0.3, 0.4) is 0 Å². The third-order valence-corrected chi connectivity index (χ3v) is 3.77. The van der Waals surface area contributed by atoms with E-state index < -0.39 is 0 Å². The third kappa shape index (κ3) is 2.24. The Labute approximate surface area is 119 Å². The average Bonchev–Trinajstić information content (AvgIpc) is 2.46. The highest BCUT2D eigenvalue weighted by molar-refractivity contribution is 9.10. The number of para-hydroxylation sites is 2. The lowest BCUT2D eigenvalue weighted by atomic mass is 10.1. The number of ether oxygens (including phenoxy) is 1. The van der Waals surface area contributed by atoms with E-state index in [-0.39, 0.29) is 5.91 Å². The van der Waals surface area contributed by atoms with E-state index in [2.05, 4.69) is 15.9 Å². The lowest BCUT2D eigenvalue weighted by Crippen LogP contribution is -2.38. The van der Waals surface area contributed by atoms with Gasteiger partial charge in [-0.2, -0.15) is 0 Å². The van der Waals surface area contributed by atoms with E-state index in [1.165, 1.54) is 0 Å².